The van der Waals surface area contributed by atoms with Gasteiger partial charge in [0.1, 0.15) is 5.75 Å². The monoisotopic (exact) mass is 251 g/mol. The normalized spacial score (nSPS) is 10.2. The second-order valence-electron chi connectivity index (χ2n) is 2.58. The molecule has 5 heteroatoms. The van der Waals surface area contributed by atoms with Gasteiger partial charge in [0.05, 0.1) is 5.69 Å². The molecule has 0 spiro atoms. The number of rotatable bonds is 2. The standard InChI is InChI=1S/C9H10ClNOS.ClH/c1-6-9(12)8(5-13)7(2-3-10)4-11-6;/h2-4,12-13H,5H2,1H3;1H/b3-2+;. The summed E-state index contributed by atoms with van der Waals surface area (Å²) in [4.78, 5) is 4.01. The molecule has 0 aliphatic rings. The Bertz CT molecular complexity index is 342. The van der Waals surface area contributed by atoms with Crippen LogP contribution in [-0.4, -0.2) is 10.1 Å². The van der Waals surface area contributed by atoms with Crippen molar-refractivity contribution in [2.45, 2.75) is 12.7 Å². The number of aryl methyl sites for hydroxylation is 1. The molecule has 0 radical (unpaired) electrons. The summed E-state index contributed by atoms with van der Waals surface area (Å²) in [5.41, 5.74) is 3.55. The van der Waals surface area contributed by atoms with Gasteiger partial charge < -0.3 is 5.11 Å². The first-order valence-electron chi connectivity index (χ1n) is 3.75. The molecular weight excluding hydrogens is 241 g/mol. The highest BCUT2D eigenvalue weighted by Gasteiger charge is 2.07. The van der Waals surface area contributed by atoms with E-state index in [9.17, 15) is 5.11 Å². The Morgan fingerprint density at radius 3 is 2.79 bits per heavy atom. The van der Waals surface area contributed by atoms with E-state index in [1.807, 2.05) is 0 Å². The number of hydrogen-bond donors (Lipinski definition) is 2. The van der Waals surface area contributed by atoms with Gasteiger partial charge >= 0.3 is 0 Å². The van der Waals surface area contributed by atoms with Crippen molar-refractivity contribution < 1.29 is 5.11 Å². The SMILES string of the molecule is Cc1ncc(/C=C/Cl)c(CS)c1O.Cl. The van der Waals surface area contributed by atoms with Crippen LogP contribution in [0.25, 0.3) is 6.08 Å². The summed E-state index contributed by atoms with van der Waals surface area (Å²) in [6.45, 7) is 1.75. The molecule has 1 N–H and O–H groups in total. The summed E-state index contributed by atoms with van der Waals surface area (Å²) in [6.07, 6.45) is 3.35. The van der Waals surface area contributed by atoms with Gasteiger partial charge in [0.2, 0.25) is 0 Å². The summed E-state index contributed by atoms with van der Waals surface area (Å²) in [6, 6.07) is 0. The molecule has 78 valence electrons. The third kappa shape index (κ3) is 2.80. The first kappa shape index (κ1) is 13.6. The van der Waals surface area contributed by atoms with E-state index < -0.39 is 0 Å². The number of aromatic nitrogens is 1. The number of thiol groups is 1. The van der Waals surface area contributed by atoms with Gasteiger partial charge in [-0.1, -0.05) is 11.6 Å². The van der Waals surface area contributed by atoms with Crippen molar-refractivity contribution >= 4 is 42.7 Å². The fourth-order valence-corrected chi connectivity index (χ4v) is 1.51. The molecule has 0 bridgehead atoms. The van der Waals surface area contributed by atoms with Crippen LogP contribution in [0.3, 0.4) is 0 Å². The molecule has 1 heterocycles. The molecule has 0 aliphatic heterocycles. The molecule has 2 nitrogen and oxygen atoms in total. The highest BCUT2D eigenvalue weighted by Crippen LogP contribution is 2.26. The van der Waals surface area contributed by atoms with Gasteiger partial charge in [-0.05, 0) is 13.0 Å². The number of nitrogens with zero attached hydrogens (tertiary/aromatic N) is 1. The Labute approximate surface area is 99.8 Å². The van der Waals surface area contributed by atoms with E-state index in [1.165, 1.54) is 5.54 Å². The van der Waals surface area contributed by atoms with Crippen LogP contribution in [0.15, 0.2) is 11.7 Å². The van der Waals surface area contributed by atoms with E-state index in [1.54, 1.807) is 19.2 Å². The lowest BCUT2D eigenvalue weighted by Crippen LogP contribution is -1.91. The molecule has 0 fully saturated rings. The van der Waals surface area contributed by atoms with E-state index in [-0.39, 0.29) is 18.2 Å². The van der Waals surface area contributed by atoms with Gasteiger partial charge in [-0.15, -0.1) is 12.4 Å². The molecule has 0 saturated heterocycles. The van der Waals surface area contributed by atoms with Crippen molar-refractivity contribution in [2.24, 2.45) is 0 Å². The third-order valence-corrected chi connectivity index (χ3v) is 2.22. The smallest absolute Gasteiger partial charge is 0.141 e. The zero-order valence-corrected chi connectivity index (χ0v) is 10.0. The highest BCUT2D eigenvalue weighted by molar-refractivity contribution is 7.79. The van der Waals surface area contributed by atoms with Crippen LogP contribution in [0.2, 0.25) is 0 Å². The van der Waals surface area contributed by atoms with E-state index in [2.05, 4.69) is 17.6 Å². The molecule has 1 aromatic heterocycles. The molecule has 0 unspecified atom stereocenters. The van der Waals surface area contributed by atoms with Gasteiger partial charge in [-0.3, -0.25) is 4.98 Å². The van der Waals surface area contributed by atoms with Crippen LogP contribution >= 0.6 is 36.6 Å². The second-order valence-corrected chi connectivity index (χ2v) is 3.15. The van der Waals surface area contributed by atoms with E-state index in [4.69, 9.17) is 11.6 Å². The van der Waals surface area contributed by atoms with Crippen LogP contribution < -0.4 is 0 Å². The third-order valence-electron chi connectivity index (χ3n) is 1.77. The van der Waals surface area contributed by atoms with Crippen LogP contribution in [-0.2, 0) is 5.75 Å². The van der Waals surface area contributed by atoms with Crippen molar-refractivity contribution in [2.75, 3.05) is 0 Å². The van der Waals surface area contributed by atoms with Gasteiger partial charge in [0, 0.05) is 28.6 Å². The highest BCUT2D eigenvalue weighted by atomic mass is 35.5. The van der Waals surface area contributed by atoms with Crippen molar-refractivity contribution in [1.29, 1.82) is 0 Å². The van der Waals surface area contributed by atoms with Crippen LogP contribution in [0.1, 0.15) is 16.8 Å². The van der Waals surface area contributed by atoms with Crippen LogP contribution in [0.4, 0.5) is 0 Å². The molecule has 1 rings (SSSR count). The Hall–Kier alpha value is -0.380. The van der Waals surface area contributed by atoms with Crippen LogP contribution in [0.5, 0.6) is 5.75 Å². The minimum atomic E-state index is 0. The number of aromatic hydroxyl groups is 1. The quantitative estimate of drug-likeness (QED) is 0.792. The minimum absolute atomic E-state index is 0. The molecule has 14 heavy (non-hydrogen) atoms. The fraction of sp³-hybridized carbons (Fsp3) is 0.222. The lowest BCUT2D eigenvalue weighted by atomic mass is 10.1. The first-order chi connectivity index (χ1) is 6.20. The molecule has 0 aromatic carbocycles. The lowest BCUT2D eigenvalue weighted by Gasteiger charge is -2.07. The van der Waals surface area contributed by atoms with E-state index in [0.717, 1.165) is 11.1 Å². The molecule has 0 amide bonds. The average molecular weight is 252 g/mol. The summed E-state index contributed by atoms with van der Waals surface area (Å²) >= 11 is 9.57. The zero-order chi connectivity index (χ0) is 9.84. The van der Waals surface area contributed by atoms with Crippen molar-refractivity contribution in [3.05, 3.63) is 28.6 Å². The fourth-order valence-electron chi connectivity index (χ4n) is 1.04. The second kappa shape index (κ2) is 6.17. The summed E-state index contributed by atoms with van der Waals surface area (Å²) in [5.74, 6) is 0.661. The van der Waals surface area contributed by atoms with Gasteiger partial charge in [0.15, 0.2) is 0 Å². The number of halogens is 2. The van der Waals surface area contributed by atoms with Crippen molar-refractivity contribution in [1.82, 2.24) is 4.98 Å². The Kier molecular flexibility index (Phi) is 6.00. The number of hydrogen-bond acceptors (Lipinski definition) is 3. The Balaban J connectivity index is 0.00000169. The maximum absolute atomic E-state index is 9.62. The minimum Gasteiger partial charge on any atom is -0.506 e. The largest absolute Gasteiger partial charge is 0.506 e. The van der Waals surface area contributed by atoms with Crippen LogP contribution in [0, 0.1) is 6.92 Å². The van der Waals surface area contributed by atoms with Gasteiger partial charge in [-0.2, -0.15) is 12.6 Å². The first-order valence-corrected chi connectivity index (χ1v) is 4.82. The topological polar surface area (TPSA) is 33.1 Å². The predicted octanol–water partition coefficient (Wildman–Crippen LogP) is 3.16. The molecule has 1 aromatic rings. The van der Waals surface area contributed by atoms with Crippen molar-refractivity contribution in [3.8, 4) is 5.75 Å². The molecular formula is C9H11Cl2NOS. The van der Waals surface area contributed by atoms with Gasteiger partial charge in [-0.25, -0.2) is 0 Å². The molecule has 0 atom stereocenters. The predicted molar refractivity (Wildman–Crippen MR) is 65.5 cm³/mol. The maximum Gasteiger partial charge on any atom is 0.141 e. The summed E-state index contributed by atoms with van der Waals surface area (Å²) < 4.78 is 0. The Morgan fingerprint density at radius 1 is 1.64 bits per heavy atom. The zero-order valence-electron chi connectivity index (χ0n) is 7.57. The van der Waals surface area contributed by atoms with E-state index >= 15 is 0 Å². The number of pyridine rings is 1. The molecule has 0 aliphatic carbocycles. The maximum atomic E-state index is 9.62. The lowest BCUT2D eigenvalue weighted by molar-refractivity contribution is 0.462. The average Bonchev–Trinajstić information content (AvgIpc) is 2.12. The summed E-state index contributed by atoms with van der Waals surface area (Å²) in [7, 11) is 0. The Morgan fingerprint density at radius 2 is 2.29 bits per heavy atom. The van der Waals surface area contributed by atoms with Gasteiger partial charge in [0.25, 0.3) is 0 Å². The van der Waals surface area contributed by atoms with E-state index in [0.29, 0.717) is 11.4 Å². The molecule has 0 saturated carbocycles. The van der Waals surface area contributed by atoms with Crippen molar-refractivity contribution in [3.63, 3.8) is 0 Å². The summed E-state index contributed by atoms with van der Waals surface area (Å²) in [5, 5.41) is 9.62.